The van der Waals surface area contributed by atoms with Gasteiger partial charge < -0.3 is 9.73 Å². The van der Waals surface area contributed by atoms with Crippen molar-refractivity contribution in [1.29, 1.82) is 0 Å². The van der Waals surface area contributed by atoms with Crippen molar-refractivity contribution in [1.82, 2.24) is 10.2 Å². The van der Waals surface area contributed by atoms with Crippen molar-refractivity contribution in [2.45, 2.75) is 6.92 Å². The summed E-state index contributed by atoms with van der Waals surface area (Å²) in [6.07, 6.45) is 1.28. The fraction of sp³-hybridized carbons (Fsp3) is 0.0556. The van der Waals surface area contributed by atoms with Gasteiger partial charge in [0.05, 0.1) is 4.88 Å². The molecule has 118 valence electrons. The minimum atomic E-state index is -0.123. The second kappa shape index (κ2) is 5.90. The predicted molar refractivity (Wildman–Crippen MR) is 94.2 cm³/mol. The molecule has 0 spiro atoms. The number of hydrogen-bond acceptors (Lipinski definition) is 5. The molecule has 0 saturated heterocycles. The zero-order valence-electron chi connectivity index (χ0n) is 12.8. The third-order valence-electron chi connectivity index (χ3n) is 3.74. The van der Waals surface area contributed by atoms with Crippen LogP contribution in [0, 0.1) is 6.92 Å². The summed E-state index contributed by atoms with van der Waals surface area (Å²) in [7, 11) is 0. The molecule has 2 heterocycles. The van der Waals surface area contributed by atoms with Crippen LogP contribution in [0.5, 0.6) is 0 Å². The summed E-state index contributed by atoms with van der Waals surface area (Å²) in [6, 6.07) is 15.5. The molecule has 0 fully saturated rings. The molecule has 4 aromatic rings. The van der Waals surface area contributed by atoms with Gasteiger partial charge in [-0.05, 0) is 42.1 Å². The van der Waals surface area contributed by atoms with Crippen LogP contribution in [0.3, 0.4) is 0 Å². The van der Waals surface area contributed by atoms with Crippen LogP contribution in [0.4, 0.5) is 5.69 Å². The Bertz CT molecular complexity index is 989. The smallest absolute Gasteiger partial charge is 0.265 e. The molecule has 6 heteroatoms. The highest BCUT2D eigenvalue weighted by Gasteiger charge is 2.13. The molecule has 5 nitrogen and oxygen atoms in total. The molecule has 0 radical (unpaired) electrons. The summed E-state index contributed by atoms with van der Waals surface area (Å²) in [6.45, 7) is 1.94. The minimum Gasteiger partial charge on any atom is -0.423 e. The van der Waals surface area contributed by atoms with E-state index in [1.807, 2.05) is 55.5 Å². The zero-order chi connectivity index (χ0) is 16.5. The van der Waals surface area contributed by atoms with Gasteiger partial charge in [0.25, 0.3) is 5.91 Å². The SMILES string of the molecule is Cc1ccc(-c2nnco2)cc1NC(=O)c1cc2ccccc2s1. The minimum absolute atomic E-state index is 0.123. The molecule has 24 heavy (non-hydrogen) atoms. The van der Waals surface area contributed by atoms with Gasteiger partial charge in [0.2, 0.25) is 12.3 Å². The van der Waals surface area contributed by atoms with Crippen LogP contribution in [-0.2, 0) is 0 Å². The van der Waals surface area contributed by atoms with Gasteiger partial charge in [-0.3, -0.25) is 4.79 Å². The first-order chi connectivity index (χ1) is 11.7. The number of fused-ring (bicyclic) bond motifs is 1. The van der Waals surface area contributed by atoms with Crippen LogP contribution < -0.4 is 5.32 Å². The monoisotopic (exact) mass is 335 g/mol. The molecule has 0 aliphatic carbocycles. The molecule has 0 unspecified atom stereocenters. The van der Waals surface area contributed by atoms with Crippen molar-refractivity contribution in [2.75, 3.05) is 5.32 Å². The van der Waals surface area contributed by atoms with Crippen molar-refractivity contribution >= 4 is 33.0 Å². The van der Waals surface area contributed by atoms with Gasteiger partial charge in [-0.1, -0.05) is 24.3 Å². The molecular formula is C18H13N3O2S. The maximum Gasteiger partial charge on any atom is 0.265 e. The topological polar surface area (TPSA) is 68.0 Å². The quantitative estimate of drug-likeness (QED) is 0.598. The van der Waals surface area contributed by atoms with E-state index in [1.54, 1.807) is 0 Å². The van der Waals surface area contributed by atoms with Crippen molar-refractivity contribution in [3.05, 3.63) is 65.4 Å². The van der Waals surface area contributed by atoms with Gasteiger partial charge in [-0.2, -0.15) is 0 Å². The van der Waals surface area contributed by atoms with E-state index in [1.165, 1.54) is 17.7 Å². The lowest BCUT2D eigenvalue weighted by Gasteiger charge is -2.08. The second-order valence-corrected chi connectivity index (χ2v) is 6.46. The number of thiophene rings is 1. The van der Waals surface area contributed by atoms with Crippen LogP contribution in [0.1, 0.15) is 15.2 Å². The van der Waals surface area contributed by atoms with Crippen LogP contribution >= 0.6 is 11.3 Å². The van der Waals surface area contributed by atoms with E-state index in [0.717, 1.165) is 26.9 Å². The van der Waals surface area contributed by atoms with E-state index in [0.29, 0.717) is 10.8 Å². The number of carbonyl (C=O) groups excluding carboxylic acids is 1. The van der Waals surface area contributed by atoms with Crippen LogP contribution in [-0.4, -0.2) is 16.1 Å². The summed E-state index contributed by atoms with van der Waals surface area (Å²) in [5.74, 6) is 0.300. The van der Waals surface area contributed by atoms with Gasteiger partial charge in [0, 0.05) is 16.0 Å². The van der Waals surface area contributed by atoms with E-state index in [2.05, 4.69) is 15.5 Å². The Kier molecular flexibility index (Phi) is 3.59. The van der Waals surface area contributed by atoms with E-state index >= 15 is 0 Å². The first kappa shape index (κ1) is 14.6. The molecule has 0 bridgehead atoms. The largest absolute Gasteiger partial charge is 0.423 e. The third-order valence-corrected chi connectivity index (χ3v) is 4.86. The van der Waals surface area contributed by atoms with Gasteiger partial charge in [-0.15, -0.1) is 21.5 Å². The van der Waals surface area contributed by atoms with Crippen LogP contribution in [0.15, 0.2) is 59.3 Å². The van der Waals surface area contributed by atoms with Crippen molar-refractivity contribution < 1.29 is 9.21 Å². The number of aryl methyl sites for hydroxylation is 1. The van der Waals surface area contributed by atoms with E-state index in [-0.39, 0.29) is 5.91 Å². The number of anilines is 1. The molecular weight excluding hydrogens is 322 g/mol. The second-order valence-electron chi connectivity index (χ2n) is 5.38. The maximum absolute atomic E-state index is 12.6. The Morgan fingerprint density at radius 1 is 1.17 bits per heavy atom. The maximum atomic E-state index is 12.6. The lowest BCUT2D eigenvalue weighted by Crippen LogP contribution is -2.11. The van der Waals surface area contributed by atoms with Crippen LogP contribution in [0.25, 0.3) is 21.5 Å². The van der Waals surface area contributed by atoms with Gasteiger partial charge in [0.15, 0.2) is 0 Å². The fourth-order valence-corrected chi connectivity index (χ4v) is 3.42. The van der Waals surface area contributed by atoms with Gasteiger partial charge in [-0.25, -0.2) is 0 Å². The lowest BCUT2D eigenvalue weighted by molar-refractivity contribution is 0.103. The average Bonchev–Trinajstić information content (AvgIpc) is 3.26. The first-order valence-electron chi connectivity index (χ1n) is 7.38. The average molecular weight is 335 g/mol. The first-order valence-corrected chi connectivity index (χ1v) is 8.19. The molecule has 0 aliphatic rings. The van der Waals surface area contributed by atoms with Gasteiger partial charge in [0.1, 0.15) is 0 Å². The fourth-order valence-electron chi connectivity index (χ4n) is 2.47. The lowest BCUT2D eigenvalue weighted by atomic mass is 10.1. The number of hydrogen-bond donors (Lipinski definition) is 1. The normalized spacial score (nSPS) is 10.9. The summed E-state index contributed by atoms with van der Waals surface area (Å²) >= 11 is 1.48. The number of carbonyl (C=O) groups is 1. The third kappa shape index (κ3) is 2.68. The molecule has 1 amide bonds. The molecule has 2 aromatic heterocycles. The van der Waals surface area contributed by atoms with E-state index in [9.17, 15) is 4.79 Å². The van der Waals surface area contributed by atoms with Crippen molar-refractivity contribution in [3.63, 3.8) is 0 Å². The zero-order valence-corrected chi connectivity index (χ0v) is 13.6. The Morgan fingerprint density at radius 2 is 2.04 bits per heavy atom. The number of amides is 1. The number of benzene rings is 2. The Morgan fingerprint density at radius 3 is 2.83 bits per heavy atom. The van der Waals surface area contributed by atoms with E-state index < -0.39 is 0 Å². The number of rotatable bonds is 3. The summed E-state index contributed by atoms with van der Waals surface area (Å²) < 4.78 is 6.31. The summed E-state index contributed by atoms with van der Waals surface area (Å²) in [5, 5.41) is 11.6. The summed E-state index contributed by atoms with van der Waals surface area (Å²) in [5.41, 5.74) is 2.46. The molecule has 0 atom stereocenters. The summed E-state index contributed by atoms with van der Waals surface area (Å²) in [4.78, 5) is 13.3. The molecule has 0 aliphatic heterocycles. The number of nitrogens with one attached hydrogen (secondary N) is 1. The van der Waals surface area contributed by atoms with Gasteiger partial charge >= 0.3 is 0 Å². The van der Waals surface area contributed by atoms with Crippen LogP contribution in [0.2, 0.25) is 0 Å². The standard InChI is InChI=1S/C18H13N3O2S/c1-11-6-7-13(18-21-19-10-23-18)8-14(11)20-17(22)16-9-12-4-2-3-5-15(12)24-16/h2-10H,1H3,(H,20,22). The number of aromatic nitrogens is 2. The molecule has 4 rings (SSSR count). The Labute approximate surface area is 142 Å². The highest BCUT2D eigenvalue weighted by atomic mass is 32.1. The van der Waals surface area contributed by atoms with Crippen molar-refractivity contribution in [2.24, 2.45) is 0 Å². The molecule has 2 aromatic carbocycles. The number of nitrogens with zero attached hydrogens (tertiary/aromatic N) is 2. The predicted octanol–water partition coefficient (Wildman–Crippen LogP) is 4.51. The van der Waals surface area contributed by atoms with E-state index in [4.69, 9.17) is 4.42 Å². The van der Waals surface area contributed by atoms with Crippen molar-refractivity contribution in [3.8, 4) is 11.5 Å². The molecule has 0 saturated carbocycles. The Balaban J connectivity index is 1.64. The Hall–Kier alpha value is -2.99. The highest BCUT2D eigenvalue weighted by molar-refractivity contribution is 7.20. The highest BCUT2D eigenvalue weighted by Crippen LogP contribution is 2.28. The molecule has 1 N–H and O–H groups in total.